The minimum absolute atomic E-state index is 0.351. The van der Waals surface area contributed by atoms with Gasteiger partial charge in [0.05, 0.1) is 0 Å². The second-order valence-corrected chi connectivity index (χ2v) is 6.28. The summed E-state index contributed by atoms with van der Waals surface area (Å²) in [5.74, 6) is -1.72. The summed E-state index contributed by atoms with van der Waals surface area (Å²) >= 11 is 0. The summed E-state index contributed by atoms with van der Waals surface area (Å²) in [5.41, 5.74) is 0.998. The van der Waals surface area contributed by atoms with E-state index in [1.165, 1.54) is 0 Å². The Morgan fingerprint density at radius 2 is 1.90 bits per heavy atom. The number of carboxylic acids is 1. The first-order valence-corrected chi connectivity index (χ1v) is 7.76. The molecule has 0 aliphatic heterocycles. The average molecular weight is 309 g/mol. The van der Waals surface area contributed by atoms with Crippen LogP contribution in [-0.4, -0.2) is 25.5 Å². The van der Waals surface area contributed by atoms with E-state index in [9.17, 15) is 13.2 Å². The molecule has 0 fully saturated rings. The fourth-order valence-corrected chi connectivity index (χ4v) is 3.09. The second-order valence-electron chi connectivity index (χ2n) is 4.64. The molecule has 0 radical (unpaired) electrons. The van der Waals surface area contributed by atoms with Crippen molar-refractivity contribution in [2.24, 2.45) is 0 Å². The molecule has 21 heavy (non-hydrogen) atoms. The third-order valence-corrected chi connectivity index (χ3v) is 4.26. The van der Waals surface area contributed by atoms with E-state index in [4.69, 9.17) is 9.52 Å². The van der Waals surface area contributed by atoms with Gasteiger partial charge < -0.3 is 9.52 Å². The molecule has 1 unspecified atom stereocenters. The van der Waals surface area contributed by atoms with Gasteiger partial charge in [0, 0.05) is 6.04 Å². The van der Waals surface area contributed by atoms with E-state index in [1.807, 2.05) is 30.3 Å². The van der Waals surface area contributed by atoms with E-state index in [-0.39, 0.29) is 6.04 Å². The van der Waals surface area contributed by atoms with E-state index < -0.39 is 26.8 Å². The molecule has 0 aliphatic rings. The SMILES string of the molecule is CC(Cc1ccccc1)NS(=O)(=O)c1ccc(C(=O)O)o1. The normalized spacial score (nSPS) is 13.0. The minimum atomic E-state index is -3.87. The van der Waals surface area contributed by atoms with Crippen molar-refractivity contribution in [3.05, 3.63) is 53.8 Å². The molecule has 1 heterocycles. The third-order valence-electron chi connectivity index (χ3n) is 2.80. The van der Waals surface area contributed by atoms with Gasteiger partial charge in [-0.05, 0) is 31.0 Å². The number of furan rings is 1. The predicted molar refractivity (Wildman–Crippen MR) is 75.6 cm³/mol. The Bertz CT molecular complexity index is 721. The molecule has 0 bridgehead atoms. The molecule has 0 saturated carbocycles. The topological polar surface area (TPSA) is 96.6 Å². The van der Waals surface area contributed by atoms with Crippen LogP contribution in [0.3, 0.4) is 0 Å². The van der Waals surface area contributed by atoms with Crippen molar-refractivity contribution in [1.29, 1.82) is 0 Å². The van der Waals surface area contributed by atoms with Gasteiger partial charge in [0.2, 0.25) is 10.9 Å². The zero-order valence-corrected chi connectivity index (χ0v) is 12.1. The highest BCUT2D eigenvalue weighted by molar-refractivity contribution is 7.89. The number of sulfonamides is 1. The maximum Gasteiger partial charge on any atom is 0.371 e. The van der Waals surface area contributed by atoms with Gasteiger partial charge in [0.15, 0.2) is 0 Å². The van der Waals surface area contributed by atoms with Crippen LogP contribution >= 0.6 is 0 Å². The molecule has 6 nitrogen and oxygen atoms in total. The van der Waals surface area contributed by atoms with Crippen LogP contribution in [0.2, 0.25) is 0 Å². The third kappa shape index (κ3) is 3.93. The zero-order chi connectivity index (χ0) is 15.5. The summed E-state index contributed by atoms with van der Waals surface area (Å²) in [6, 6.07) is 11.3. The molecular formula is C14H15NO5S. The van der Waals surface area contributed by atoms with Crippen LogP contribution < -0.4 is 4.72 Å². The van der Waals surface area contributed by atoms with Crippen LogP contribution in [0.5, 0.6) is 0 Å². The lowest BCUT2D eigenvalue weighted by atomic mass is 10.1. The van der Waals surface area contributed by atoms with Gasteiger partial charge in [-0.1, -0.05) is 30.3 Å². The van der Waals surface area contributed by atoms with Crippen LogP contribution in [-0.2, 0) is 16.4 Å². The average Bonchev–Trinajstić information content (AvgIpc) is 2.89. The number of aromatic carboxylic acids is 1. The van der Waals surface area contributed by atoms with Crippen molar-refractivity contribution >= 4 is 16.0 Å². The van der Waals surface area contributed by atoms with E-state index >= 15 is 0 Å². The highest BCUT2D eigenvalue weighted by Gasteiger charge is 2.22. The quantitative estimate of drug-likeness (QED) is 0.849. The standard InChI is InChI=1S/C14H15NO5S/c1-10(9-11-5-3-2-4-6-11)15-21(18,19)13-8-7-12(20-13)14(16)17/h2-8,10,15H,9H2,1H3,(H,16,17). The number of nitrogens with one attached hydrogen (secondary N) is 1. The molecule has 1 aromatic carbocycles. The molecule has 1 aromatic heterocycles. The van der Waals surface area contributed by atoms with Gasteiger partial charge in [0.1, 0.15) is 0 Å². The van der Waals surface area contributed by atoms with Crippen molar-refractivity contribution in [2.45, 2.75) is 24.5 Å². The molecule has 0 aliphatic carbocycles. The Labute approximate surface area is 122 Å². The van der Waals surface area contributed by atoms with Crippen molar-refractivity contribution in [3.63, 3.8) is 0 Å². The maximum atomic E-state index is 12.1. The summed E-state index contributed by atoms with van der Waals surface area (Å²) in [6.45, 7) is 1.73. The summed E-state index contributed by atoms with van der Waals surface area (Å²) in [6.07, 6.45) is 0.520. The van der Waals surface area contributed by atoms with Gasteiger partial charge >= 0.3 is 5.97 Å². The summed E-state index contributed by atoms with van der Waals surface area (Å²) in [5, 5.41) is 8.33. The lowest BCUT2D eigenvalue weighted by molar-refractivity contribution is 0.0656. The number of benzene rings is 1. The molecule has 0 spiro atoms. The molecule has 1 atom stereocenters. The predicted octanol–water partition coefficient (Wildman–Crippen LogP) is 1.89. The molecular weight excluding hydrogens is 294 g/mol. The van der Waals surface area contributed by atoms with Gasteiger partial charge in [-0.15, -0.1) is 0 Å². The highest BCUT2D eigenvalue weighted by atomic mass is 32.2. The Morgan fingerprint density at radius 1 is 1.24 bits per heavy atom. The van der Waals surface area contributed by atoms with E-state index in [0.29, 0.717) is 6.42 Å². The van der Waals surface area contributed by atoms with E-state index in [1.54, 1.807) is 6.92 Å². The van der Waals surface area contributed by atoms with E-state index in [0.717, 1.165) is 17.7 Å². The number of rotatable bonds is 6. The van der Waals surface area contributed by atoms with E-state index in [2.05, 4.69) is 4.72 Å². The van der Waals surface area contributed by atoms with Gasteiger partial charge in [-0.3, -0.25) is 0 Å². The lowest BCUT2D eigenvalue weighted by Gasteiger charge is -2.12. The number of hydrogen-bond donors (Lipinski definition) is 2. The first kappa shape index (κ1) is 15.3. The Balaban J connectivity index is 2.07. The number of carboxylic acid groups (broad SMARTS) is 1. The lowest BCUT2D eigenvalue weighted by Crippen LogP contribution is -2.33. The summed E-state index contributed by atoms with van der Waals surface area (Å²) in [7, 11) is -3.87. The molecule has 7 heteroatoms. The van der Waals surface area contributed by atoms with Crippen molar-refractivity contribution < 1.29 is 22.7 Å². The first-order valence-electron chi connectivity index (χ1n) is 6.28. The second kappa shape index (κ2) is 6.11. The number of carbonyl (C=O) groups is 1. The first-order chi connectivity index (χ1) is 9.88. The zero-order valence-electron chi connectivity index (χ0n) is 11.3. The molecule has 0 amide bonds. The van der Waals surface area contributed by atoms with Crippen molar-refractivity contribution in [2.75, 3.05) is 0 Å². The van der Waals surface area contributed by atoms with Crippen LogP contribution in [0.4, 0.5) is 0 Å². The van der Waals surface area contributed by atoms with Crippen LogP contribution in [0.25, 0.3) is 0 Å². The van der Waals surface area contributed by atoms with Crippen LogP contribution in [0, 0.1) is 0 Å². The Morgan fingerprint density at radius 3 is 2.48 bits per heavy atom. The van der Waals surface area contributed by atoms with Crippen molar-refractivity contribution in [3.8, 4) is 0 Å². The molecule has 0 saturated heterocycles. The van der Waals surface area contributed by atoms with Gasteiger partial charge in [-0.2, -0.15) is 0 Å². The summed E-state index contributed by atoms with van der Waals surface area (Å²) in [4.78, 5) is 10.7. The van der Waals surface area contributed by atoms with Crippen molar-refractivity contribution in [1.82, 2.24) is 4.72 Å². The molecule has 2 rings (SSSR count). The fraction of sp³-hybridized carbons (Fsp3) is 0.214. The van der Waals surface area contributed by atoms with Gasteiger partial charge in [0.25, 0.3) is 10.0 Å². The Hall–Kier alpha value is -2.12. The molecule has 112 valence electrons. The fourth-order valence-electron chi connectivity index (χ4n) is 1.91. The van der Waals surface area contributed by atoms with Crippen LogP contribution in [0.15, 0.2) is 52.0 Å². The minimum Gasteiger partial charge on any atom is -0.475 e. The maximum absolute atomic E-state index is 12.1. The Kier molecular flexibility index (Phi) is 4.44. The summed E-state index contributed by atoms with van der Waals surface area (Å²) < 4.78 is 31.4. The monoisotopic (exact) mass is 309 g/mol. The molecule has 2 aromatic rings. The number of hydrogen-bond acceptors (Lipinski definition) is 4. The largest absolute Gasteiger partial charge is 0.475 e. The van der Waals surface area contributed by atoms with Crippen LogP contribution in [0.1, 0.15) is 23.0 Å². The smallest absolute Gasteiger partial charge is 0.371 e. The molecule has 2 N–H and O–H groups in total. The highest BCUT2D eigenvalue weighted by Crippen LogP contribution is 2.15. The van der Waals surface area contributed by atoms with Gasteiger partial charge in [-0.25, -0.2) is 17.9 Å².